The molecule has 74 heavy (non-hydrogen) atoms. The van der Waals surface area contributed by atoms with Gasteiger partial charge in [0.05, 0.1) is 25.4 Å². The molecule has 6 nitrogen and oxygen atoms in total. The molecule has 436 valence electrons. The van der Waals surface area contributed by atoms with Crippen molar-refractivity contribution in [3.8, 4) is 0 Å². The maximum atomic E-state index is 12.5. The summed E-state index contributed by atoms with van der Waals surface area (Å²) >= 11 is 0. The van der Waals surface area contributed by atoms with Crippen molar-refractivity contribution in [3.63, 3.8) is 0 Å². The van der Waals surface area contributed by atoms with Crippen LogP contribution in [0, 0.1) is 0 Å². The Morgan fingerprint density at radius 2 is 0.635 bits per heavy atom. The van der Waals surface area contributed by atoms with Crippen LogP contribution in [0.25, 0.3) is 0 Å². The minimum Gasteiger partial charge on any atom is -0.466 e. The summed E-state index contributed by atoms with van der Waals surface area (Å²) in [7, 11) is 0. The lowest BCUT2D eigenvalue weighted by Gasteiger charge is -2.20. The highest BCUT2D eigenvalue weighted by molar-refractivity contribution is 5.76. The molecule has 0 aromatic rings. The number of nitrogens with one attached hydrogen (secondary N) is 1. The lowest BCUT2D eigenvalue weighted by Crippen LogP contribution is -2.45. The Morgan fingerprint density at radius 3 is 0.959 bits per heavy atom. The third-order valence-electron chi connectivity index (χ3n) is 15.4. The van der Waals surface area contributed by atoms with E-state index < -0.39 is 12.1 Å². The van der Waals surface area contributed by atoms with Crippen LogP contribution in [0.2, 0.25) is 0 Å². The number of hydrogen-bond donors (Lipinski definition) is 3. The molecular formula is C68H129NO5. The van der Waals surface area contributed by atoms with Gasteiger partial charge in [-0.1, -0.05) is 301 Å². The molecule has 6 heteroatoms. The van der Waals surface area contributed by atoms with Gasteiger partial charge in [-0.05, 0) is 83.5 Å². The lowest BCUT2D eigenvalue weighted by molar-refractivity contribution is -0.143. The molecule has 1 amide bonds. The van der Waals surface area contributed by atoms with Gasteiger partial charge in [0, 0.05) is 12.8 Å². The maximum Gasteiger partial charge on any atom is 0.305 e. The van der Waals surface area contributed by atoms with Crippen molar-refractivity contribution in [2.75, 3.05) is 13.2 Å². The largest absolute Gasteiger partial charge is 0.466 e. The Morgan fingerprint density at radius 1 is 0.365 bits per heavy atom. The second-order valence-corrected chi connectivity index (χ2v) is 22.8. The number of allylic oxidation sites excluding steroid dienone is 5. The topological polar surface area (TPSA) is 95.9 Å². The summed E-state index contributed by atoms with van der Waals surface area (Å²) in [4.78, 5) is 24.5. The van der Waals surface area contributed by atoms with E-state index in [2.05, 4.69) is 43.5 Å². The van der Waals surface area contributed by atoms with E-state index >= 15 is 0 Å². The number of carbonyl (C=O) groups excluding carboxylic acids is 2. The number of aliphatic hydroxyl groups is 2. The fourth-order valence-electron chi connectivity index (χ4n) is 10.3. The number of aliphatic hydroxyl groups excluding tert-OH is 2. The first kappa shape index (κ1) is 72.1. The van der Waals surface area contributed by atoms with E-state index in [4.69, 9.17) is 4.74 Å². The molecule has 0 heterocycles. The van der Waals surface area contributed by atoms with Crippen molar-refractivity contribution < 1.29 is 24.5 Å². The third kappa shape index (κ3) is 59.3. The highest BCUT2D eigenvalue weighted by atomic mass is 16.5. The van der Waals surface area contributed by atoms with E-state index in [1.165, 1.54) is 289 Å². The summed E-state index contributed by atoms with van der Waals surface area (Å²) in [6.45, 7) is 4.91. The summed E-state index contributed by atoms with van der Waals surface area (Å²) in [5.74, 6) is -0.0606. The van der Waals surface area contributed by atoms with Gasteiger partial charge < -0.3 is 20.3 Å². The number of amides is 1. The number of rotatable bonds is 62. The Kier molecular flexibility index (Phi) is 62.0. The molecule has 0 aliphatic carbocycles. The molecule has 0 spiro atoms. The third-order valence-corrected chi connectivity index (χ3v) is 15.4. The molecule has 0 aromatic heterocycles. The molecule has 3 N–H and O–H groups in total. The highest BCUT2D eigenvalue weighted by Gasteiger charge is 2.18. The van der Waals surface area contributed by atoms with Crippen molar-refractivity contribution in [2.45, 2.75) is 373 Å². The van der Waals surface area contributed by atoms with Crippen molar-refractivity contribution in [1.82, 2.24) is 5.32 Å². The van der Waals surface area contributed by atoms with Crippen LogP contribution in [0.3, 0.4) is 0 Å². The Labute approximate surface area is 462 Å². The number of ether oxygens (including phenoxy) is 1. The number of carbonyl (C=O) groups is 2. The molecule has 2 unspecified atom stereocenters. The van der Waals surface area contributed by atoms with Crippen LogP contribution in [0.15, 0.2) is 36.5 Å². The van der Waals surface area contributed by atoms with Crippen LogP contribution in [-0.4, -0.2) is 47.4 Å². The first-order chi connectivity index (χ1) is 36.5. The van der Waals surface area contributed by atoms with Crippen molar-refractivity contribution >= 4 is 11.9 Å². The van der Waals surface area contributed by atoms with Gasteiger partial charge in [0.1, 0.15) is 0 Å². The van der Waals surface area contributed by atoms with Gasteiger partial charge in [-0.2, -0.15) is 0 Å². The standard InChI is InChI=1S/C68H129NO5/c1-3-5-7-9-11-13-15-17-19-33-36-40-44-48-52-56-60-66(71)65(64-70)69-67(72)61-57-53-49-45-41-37-34-31-29-27-25-23-21-20-22-24-26-28-30-32-35-39-43-47-51-55-59-63-74-68(73)62-58-54-50-46-42-38-18-16-14-12-10-8-6-4-2/h16,18,20-21,56,60,65-66,70-71H,3-15,17,19,22-55,57-59,61-64H2,1-2H3,(H,69,72)/b18-16-,21-20-,60-56+. The molecule has 0 rings (SSSR count). The molecule has 0 saturated carbocycles. The van der Waals surface area contributed by atoms with Gasteiger partial charge in [0.15, 0.2) is 0 Å². The average Bonchev–Trinajstić information content (AvgIpc) is 3.40. The SMILES string of the molecule is CCCCCCC/C=C\CCCCCCCC(=O)OCCCCCCCCCCCCCC/C=C\CCCCCCCCCCCCCC(=O)NC(CO)C(O)/C=C/CCCCCCCCCCCCCCCC. The Hall–Kier alpha value is -1.92. The van der Waals surface area contributed by atoms with E-state index in [0.29, 0.717) is 19.4 Å². The maximum absolute atomic E-state index is 12.5. The Balaban J connectivity index is 3.40. The number of hydrogen-bond acceptors (Lipinski definition) is 5. The lowest BCUT2D eigenvalue weighted by atomic mass is 10.0. The molecule has 0 saturated heterocycles. The summed E-state index contributed by atoms with van der Waals surface area (Å²) < 4.78 is 5.48. The van der Waals surface area contributed by atoms with Gasteiger partial charge in [0.2, 0.25) is 5.91 Å². The van der Waals surface area contributed by atoms with Crippen LogP contribution < -0.4 is 5.32 Å². The predicted molar refractivity (Wildman–Crippen MR) is 324 cm³/mol. The van der Waals surface area contributed by atoms with Crippen LogP contribution in [-0.2, 0) is 14.3 Å². The van der Waals surface area contributed by atoms with E-state index in [0.717, 1.165) is 44.9 Å². The van der Waals surface area contributed by atoms with Crippen LogP contribution >= 0.6 is 0 Å². The number of unbranched alkanes of at least 4 members (excludes halogenated alkanes) is 47. The van der Waals surface area contributed by atoms with Crippen LogP contribution in [0.5, 0.6) is 0 Å². The normalized spacial score (nSPS) is 12.8. The van der Waals surface area contributed by atoms with E-state index in [9.17, 15) is 19.8 Å². The zero-order chi connectivity index (χ0) is 53.6. The minimum absolute atomic E-state index is 0.00632. The second-order valence-electron chi connectivity index (χ2n) is 22.8. The van der Waals surface area contributed by atoms with E-state index in [-0.39, 0.29) is 18.5 Å². The molecule has 0 aliphatic rings. The van der Waals surface area contributed by atoms with E-state index in [1.807, 2.05) is 6.08 Å². The minimum atomic E-state index is -0.845. The summed E-state index contributed by atoms with van der Waals surface area (Å²) in [6, 6.07) is -0.629. The van der Waals surface area contributed by atoms with E-state index in [1.54, 1.807) is 6.08 Å². The second kappa shape index (κ2) is 63.6. The average molecular weight is 1040 g/mol. The predicted octanol–water partition coefficient (Wildman–Crippen LogP) is 21.1. The van der Waals surface area contributed by atoms with Crippen molar-refractivity contribution in [3.05, 3.63) is 36.5 Å². The summed E-state index contributed by atoms with van der Waals surface area (Å²) in [6.07, 6.45) is 80.6. The fourth-order valence-corrected chi connectivity index (χ4v) is 10.3. The first-order valence-corrected chi connectivity index (χ1v) is 33.3. The summed E-state index contributed by atoms with van der Waals surface area (Å²) in [5.41, 5.74) is 0. The molecule has 0 aromatic carbocycles. The molecule has 2 atom stereocenters. The van der Waals surface area contributed by atoms with Gasteiger partial charge in [-0.25, -0.2) is 0 Å². The summed E-state index contributed by atoms with van der Waals surface area (Å²) in [5, 5.41) is 23.2. The fraction of sp³-hybridized carbons (Fsp3) is 0.882. The zero-order valence-corrected chi connectivity index (χ0v) is 49.8. The first-order valence-electron chi connectivity index (χ1n) is 33.3. The zero-order valence-electron chi connectivity index (χ0n) is 49.8. The van der Waals surface area contributed by atoms with Crippen molar-refractivity contribution in [1.29, 1.82) is 0 Å². The highest BCUT2D eigenvalue weighted by Crippen LogP contribution is 2.17. The quantitative estimate of drug-likeness (QED) is 0.0320. The Bertz CT molecular complexity index is 1200. The molecule has 0 aliphatic heterocycles. The van der Waals surface area contributed by atoms with Gasteiger partial charge in [-0.3, -0.25) is 9.59 Å². The molecular weight excluding hydrogens is 911 g/mol. The van der Waals surface area contributed by atoms with Crippen LogP contribution in [0.1, 0.15) is 361 Å². The molecule has 0 radical (unpaired) electrons. The molecule has 0 fully saturated rings. The monoisotopic (exact) mass is 1040 g/mol. The van der Waals surface area contributed by atoms with Crippen LogP contribution in [0.4, 0.5) is 0 Å². The van der Waals surface area contributed by atoms with Gasteiger partial charge >= 0.3 is 5.97 Å². The van der Waals surface area contributed by atoms with Crippen molar-refractivity contribution in [2.24, 2.45) is 0 Å². The van der Waals surface area contributed by atoms with Gasteiger partial charge in [0.25, 0.3) is 0 Å². The molecule has 0 bridgehead atoms. The number of esters is 1. The smallest absolute Gasteiger partial charge is 0.305 e. The van der Waals surface area contributed by atoms with Gasteiger partial charge in [-0.15, -0.1) is 0 Å².